The van der Waals surface area contributed by atoms with E-state index in [0.29, 0.717) is 0 Å². The third-order valence-electron chi connectivity index (χ3n) is 10.4. The summed E-state index contributed by atoms with van der Waals surface area (Å²) in [6, 6.07) is -0.879. The molecule has 3 atom stereocenters. The van der Waals surface area contributed by atoms with Gasteiger partial charge in [-0.2, -0.15) is 0 Å². The van der Waals surface area contributed by atoms with Crippen LogP contribution in [0.2, 0.25) is 0 Å². The van der Waals surface area contributed by atoms with Gasteiger partial charge in [-0.15, -0.1) is 0 Å². The molecule has 5 nitrogen and oxygen atoms in total. The fourth-order valence-corrected chi connectivity index (χ4v) is 6.83. The monoisotopic (exact) mass is 706 g/mol. The standard InChI is InChI=1S/C45H87NO4/c1-4-6-8-10-12-14-16-18-20-22-24-26-28-30-32-34-36-38-40-45(3,50)43(41-47)46-44(49)42(48)39-37-35-33-31-29-27-25-23-21-19-17-15-13-11-9-7-5-2/h37-40,42-43,47-48,50H,4-36,41H2,1-3H3,(H,46,49). The van der Waals surface area contributed by atoms with Crippen LogP contribution in [0.4, 0.5) is 0 Å². The molecule has 0 aliphatic rings. The second-order valence-electron chi connectivity index (χ2n) is 15.6. The Balaban J connectivity index is 3.84. The smallest absolute Gasteiger partial charge is 0.253 e. The molecule has 0 fully saturated rings. The van der Waals surface area contributed by atoms with Crippen LogP contribution in [0.15, 0.2) is 24.3 Å². The van der Waals surface area contributed by atoms with Gasteiger partial charge in [0.05, 0.1) is 12.6 Å². The van der Waals surface area contributed by atoms with Gasteiger partial charge in [0.1, 0.15) is 5.60 Å². The van der Waals surface area contributed by atoms with Gasteiger partial charge >= 0.3 is 0 Å². The minimum Gasteiger partial charge on any atom is -0.394 e. The Labute approximate surface area is 312 Å². The van der Waals surface area contributed by atoms with Crippen molar-refractivity contribution in [3.8, 4) is 0 Å². The van der Waals surface area contributed by atoms with Gasteiger partial charge in [-0.3, -0.25) is 4.79 Å². The summed E-state index contributed by atoms with van der Waals surface area (Å²) in [6.07, 6.45) is 48.9. The molecule has 0 heterocycles. The van der Waals surface area contributed by atoms with Gasteiger partial charge in [0.25, 0.3) is 5.91 Å². The summed E-state index contributed by atoms with van der Waals surface area (Å²) >= 11 is 0. The molecule has 0 aliphatic carbocycles. The summed E-state index contributed by atoms with van der Waals surface area (Å²) in [6.45, 7) is 5.74. The van der Waals surface area contributed by atoms with E-state index < -0.39 is 30.3 Å². The summed E-state index contributed by atoms with van der Waals surface area (Å²) in [5.74, 6) is -0.594. The maximum absolute atomic E-state index is 12.5. The lowest BCUT2D eigenvalue weighted by atomic mass is 9.95. The lowest BCUT2D eigenvalue weighted by molar-refractivity contribution is -0.130. The van der Waals surface area contributed by atoms with Crippen LogP contribution in [0.1, 0.15) is 233 Å². The fraction of sp³-hybridized carbons (Fsp3) is 0.889. The molecule has 50 heavy (non-hydrogen) atoms. The predicted molar refractivity (Wildman–Crippen MR) is 218 cm³/mol. The van der Waals surface area contributed by atoms with Crippen LogP contribution in [-0.4, -0.2) is 45.6 Å². The molecule has 1 amide bonds. The molecule has 0 saturated carbocycles. The topological polar surface area (TPSA) is 89.8 Å². The summed E-state index contributed by atoms with van der Waals surface area (Å²) in [5.41, 5.74) is -1.39. The molecule has 0 saturated heterocycles. The predicted octanol–water partition coefficient (Wildman–Crippen LogP) is 12.6. The van der Waals surface area contributed by atoms with Gasteiger partial charge in [-0.1, -0.05) is 224 Å². The van der Waals surface area contributed by atoms with Crippen LogP contribution in [0.25, 0.3) is 0 Å². The Morgan fingerprint density at radius 3 is 1.16 bits per heavy atom. The minimum atomic E-state index is -1.39. The number of nitrogens with one attached hydrogen (secondary N) is 1. The Bertz CT molecular complexity index is 764. The highest BCUT2D eigenvalue weighted by Crippen LogP contribution is 2.17. The third kappa shape index (κ3) is 32.7. The molecule has 0 aromatic carbocycles. The van der Waals surface area contributed by atoms with Gasteiger partial charge in [0, 0.05) is 0 Å². The highest BCUT2D eigenvalue weighted by atomic mass is 16.3. The van der Waals surface area contributed by atoms with E-state index in [1.807, 2.05) is 12.2 Å². The van der Waals surface area contributed by atoms with Gasteiger partial charge < -0.3 is 20.6 Å². The van der Waals surface area contributed by atoms with Crippen LogP contribution in [0, 0.1) is 0 Å². The summed E-state index contributed by atoms with van der Waals surface area (Å²) in [5, 5.41) is 33.7. The average Bonchev–Trinajstić information content (AvgIpc) is 3.11. The van der Waals surface area contributed by atoms with E-state index in [-0.39, 0.29) is 0 Å². The van der Waals surface area contributed by atoms with Crippen molar-refractivity contribution in [2.75, 3.05) is 6.61 Å². The van der Waals surface area contributed by atoms with Crippen molar-refractivity contribution in [3.05, 3.63) is 24.3 Å². The van der Waals surface area contributed by atoms with E-state index in [0.717, 1.165) is 25.7 Å². The largest absolute Gasteiger partial charge is 0.394 e. The number of hydrogen-bond acceptors (Lipinski definition) is 4. The average molecular weight is 706 g/mol. The number of carbonyl (C=O) groups is 1. The first-order valence-electron chi connectivity index (χ1n) is 22.0. The Hall–Kier alpha value is -1.17. The van der Waals surface area contributed by atoms with E-state index in [9.17, 15) is 20.1 Å². The van der Waals surface area contributed by atoms with Crippen LogP contribution >= 0.6 is 0 Å². The van der Waals surface area contributed by atoms with Gasteiger partial charge in [-0.05, 0) is 32.6 Å². The highest BCUT2D eigenvalue weighted by molar-refractivity contribution is 5.82. The van der Waals surface area contributed by atoms with Crippen molar-refractivity contribution in [2.24, 2.45) is 0 Å². The lowest BCUT2D eigenvalue weighted by Gasteiger charge is -2.30. The van der Waals surface area contributed by atoms with Gasteiger partial charge in [-0.25, -0.2) is 0 Å². The van der Waals surface area contributed by atoms with Crippen molar-refractivity contribution < 1.29 is 20.1 Å². The maximum Gasteiger partial charge on any atom is 0.253 e. The molecular formula is C45H87NO4. The Morgan fingerprint density at radius 2 is 0.840 bits per heavy atom. The molecule has 296 valence electrons. The zero-order valence-corrected chi connectivity index (χ0v) is 33.8. The summed E-state index contributed by atoms with van der Waals surface area (Å²) in [7, 11) is 0. The van der Waals surface area contributed by atoms with E-state index in [4.69, 9.17) is 0 Å². The normalized spacial score (nSPS) is 14.4. The van der Waals surface area contributed by atoms with E-state index in [1.54, 1.807) is 13.0 Å². The molecule has 0 aliphatic heterocycles. The molecule has 0 bridgehead atoms. The zero-order valence-electron chi connectivity index (χ0n) is 33.8. The first-order valence-corrected chi connectivity index (χ1v) is 22.0. The molecule has 3 unspecified atom stereocenters. The number of rotatable bonds is 39. The van der Waals surface area contributed by atoms with Crippen molar-refractivity contribution in [1.29, 1.82) is 0 Å². The number of amides is 1. The number of unbranched alkanes of at least 4 members (excludes halogenated alkanes) is 31. The molecule has 5 heteroatoms. The summed E-state index contributed by atoms with van der Waals surface area (Å²) < 4.78 is 0. The SMILES string of the molecule is CCCCCCCCCCCCCCCCCC=CC(O)C(=O)NC(CO)C(C)(O)C=CCCCCCCCCCCCCCCCCCC. The zero-order chi connectivity index (χ0) is 36.8. The molecule has 4 N–H and O–H groups in total. The number of carbonyl (C=O) groups excluding carboxylic acids is 1. The van der Waals surface area contributed by atoms with Crippen molar-refractivity contribution in [3.63, 3.8) is 0 Å². The van der Waals surface area contributed by atoms with Crippen LogP contribution in [0.3, 0.4) is 0 Å². The van der Waals surface area contributed by atoms with E-state index >= 15 is 0 Å². The second kappa shape index (κ2) is 37.6. The fourth-order valence-electron chi connectivity index (χ4n) is 6.83. The number of aliphatic hydroxyl groups is 3. The van der Waals surface area contributed by atoms with Crippen molar-refractivity contribution >= 4 is 5.91 Å². The van der Waals surface area contributed by atoms with Crippen LogP contribution < -0.4 is 5.32 Å². The Morgan fingerprint density at radius 1 is 0.540 bits per heavy atom. The van der Waals surface area contributed by atoms with Gasteiger partial charge in [0.15, 0.2) is 6.10 Å². The van der Waals surface area contributed by atoms with Crippen molar-refractivity contribution in [2.45, 2.75) is 250 Å². The quantitative estimate of drug-likeness (QED) is 0.0378. The first-order chi connectivity index (χ1) is 24.4. The number of hydrogen-bond donors (Lipinski definition) is 4. The number of aliphatic hydroxyl groups excluding tert-OH is 2. The number of allylic oxidation sites excluding steroid dienone is 2. The molecule has 0 rings (SSSR count). The minimum absolute atomic E-state index is 0.405. The van der Waals surface area contributed by atoms with E-state index in [2.05, 4.69) is 19.2 Å². The maximum atomic E-state index is 12.5. The first kappa shape index (κ1) is 48.8. The third-order valence-corrected chi connectivity index (χ3v) is 10.4. The van der Waals surface area contributed by atoms with Crippen LogP contribution in [0.5, 0.6) is 0 Å². The van der Waals surface area contributed by atoms with E-state index in [1.165, 1.54) is 192 Å². The molecule has 0 radical (unpaired) electrons. The molecular weight excluding hydrogens is 618 g/mol. The van der Waals surface area contributed by atoms with Gasteiger partial charge in [0.2, 0.25) is 0 Å². The lowest BCUT2D eigenvalue weighted by Crippen LogP contribution is -2.54. The summed E-state index contributed by atoms with van der Waals surface area (Å²) in [4.78, 5) is 12.5. The molecule has 0 aromatic rings. The second-order valence-corrected chi connectivity index (χ2v) is 15.6. The van der Waals surface area contributed by atoms with Crippen LogP contribution in [-0.2, 0) is 4.79 Å². The van der Waals surface area contributed by atoms with Crippen molar-refractivity contribution in [1.82, 2.24) is 5.32 Å². The Kier molecular flexibility index (Phi) is 36.7. The highest BCUT2D eigenvalue weighted by Gasteiger charge is 2.31. The molecule has 0 spiro atoms. The molecule has 0 aromatic heterocycles.